The van der Waals surface area contributed by atoms with Crippen molar-refractivity contribution in [2.75, 3.05) is 18.4 Å². The number of halogens is 1. The van der Waals surface area contributed by atoms with Gasteiger partial charge in [-0.15, -0.1) is 11.3 Å². The molecule has 1 aromatic heterocycles. The standard InChI is InChI=1S/C19H18ClN3O4S2/c1-27-15-6-8-16(9-7-15)29(25,26)23-19-22-17(12-28-19)18(24)21-11-10-13-2-4-14(20)5-3-13/h2-9,12H,10-11H2,1H3,(H,21,24)(H,22,23). The summed E-state index contributed by atoms with van der Waals surface area (Å²) in [6.07, 6.45) is 0.643. The maximum atomic E-state index is 12.4. The Morgan fingerprint density at radius 2 is 1.83 bits per heavy atom. The Hall–Kier alpha value is -2.62. The molecule has 29 heavy (non-hydrogen) atoms. The number of nitrogens with one attached hydrogen (secondary N) is 2. The normalized spacial score (nSPS) is 11.1. The van der Waals surface area contributed by atoms with Gasteiger partial charge in [0.15, 0.2) is 5.13 Å². The number of carbonyl (C=O) groups excluding carboxylic acids is 1. The zero-order valence-corrected chi connectivity index (χ0v) is 17.8. The third kappa shape index (κ3) is 5.69. The first-order valence-corrected chi connectivity index (χ1v) is 11.3. The minimum Gasteiger partial charge on any atom is -0.497 e. The Morgan fingerprint density at radius 1 is 1.14 bits per heavy atom. The zero-order valence-electron chi connectivity index (χ0n) is 15.4. The van der Waals surface area contributed by atoms with E-state index in [2.05, 4.69) is 15.0 Å². The Bertz CT molecular complexity index is 1080. The minimum atomic E-state index is -3.81. The summed E-state index contributed by atoms with van der Waals surface area (Å²) in [5.41, 5.74) is 1.19. The van der Waals surface area contributed by atoms with E-state index in [1.54, 1.807) is 24.3 Å². The molecule has 0 aliphatic heterocycles. The number of hydrogen-bond acceptors (Lipinski definition) is 6. The number of anilines is 1. The highest BCUT2D eigenvalue weighted by Crippen LogP contribution is 2.22. The summed E-state index contributed by atoms with van der Waals surface area (Å²) < 4.78 is 32.3. The van der Waals surface area contributed by atoms with E-state index in [4.69, 9.17) is 16.3 Å². The highest BCUT2D eigenvalue weighted by Gasteiger charge is 2.18. The van der Waals surface area contributed by atoms with Crippen LogP contribution in [0.15, 0.2) is 58.8 Å². The van der Waals surface area contributed by atoms with E-state index >= 15 is 0 Å². The molecule has 3 rings (SSSR count). The number of benzene rings is 2. The average molecular weight is 452 g/mol. The monoisotopic (exact) mass is 451 g/mol. The lowest BCUT2D eigenvalue weighted by atomic mass is 10.1. The molecule has 1 heterocycles. The summed E-state index contributed by atoms with van der Waals surface area (Å²) in [7, 11) is -2.31. The number of nitrogens with zero attached hydrogens (tertiary/aromatic N) is 1. The van der Waals surface area contributed by atoms with Crippen molar-refractivity contribution in [1.29, 1.82) is 0 Å². The molecule has 2 aromatic carbocycles. The third-order valence-electron chi connectivity index (χ3n) is 3.94. The molecule has 0 fully saturated rings. The number of ether oxygens (including phenoxy) is 1. The second-order valence-corrected chi connectivity index (χ2v) is 8.93. The Labute approximate surface area is 177 Å². The van der Waals surface area contributed by atoms with Crippen molar-refractivity contribution in [2.24, 2.45) is 0 Å². The quantitative estimate of drug-likeness (QED) is 0.545. The molecule has 0 aliphatic carbocycles. The third-order valence-corrected chi connectivity index (χ3v) is 6.43. The fourth-order valence-corrected chi connectivity index (χ4v) is 4.49. The van der Waals surface area contributed by atoms with E-state index in [9.17, 15) is 13.2 Å². The van der Waals surface area contributed by atoms with Gasteiger partial charge in [0.25, 0.3) is 15.9 Å². The molecule has 0 unspecified atom stereocenters. The van der Waals surface area contributed by atoms with Gasteiger partial charge in [0.1, 0.15) is 11.4 Å². The van der Waals surface area contributed by atoms with Crippen molar-refractivity contribution in [2.45, 2.75) is 11.3 Å². The van der Waals surface area contributed by atoms with Crippen LogP contribution in [-0.4, -0.2) is 33.0 Å². The topological polar surface area (TPSA) is 97.4 Å². The molecular weight excluding hydrogens is 434 g/mol. The van der Waals surface area contributed by atoms with Crippen LogP contribution in [0.3, 0.4) is 0 Å². The van der Waals surface area contributed by atoms with Crippen molar-refractivity contribution in [3.8, 4) is 5.75 Å². The summed E-state index contributed by atoms with van der Waals surface area (Å²) in [4.78, 5) is 16.4. The van der Waals surface area contributed by atoms with Gasteiger partial charge in [0.2, 0.25) is 0 Å². The Balaban J connectivity index is 1.57. The molecule has 0 bridgehead atoms. The fraction of sp³-hybridized carbons (Fsp3) is 0.158. The highest BCUT2D eigenvalue weighted by molar-refractivity contribution is 7.93. The second-order valence-electron chi connectivity index (χ2n) is 5.95. The smallest absolute Gasteiger partial charge is 0.270 e. The number of sulfonamides is 1. The summed E-state index contributed by atoms with van der Waals surface area (Å²) in [6.45, 7) is 0.422. The van der Waals surface area contributed by atoms with Crippen molar-refractivity contribution < 1.29 is 17.9 Å². The van der Waals surface area contributed by atoms with E-state index in [-0.39, 0.29) is 21.6 Å². The minimum absolute atomic E-state index is 0.0717. The van der Waals surface area contributed by atoms with Crippen LogP contribution in [-0.2, 0) is 16.4 Å². The first-order chi connectivity index (χ1) is 13.9. The number of aromatic nitrogens is 1. The van der Waals surface area contributed by atoms with E-state index in [1.807, 2.05) is 12.1 Å². The lowest BCUT2D eigenvalue weighted by Crippen LogP contribution is -2.26. The molecule has 0 saturated heterocycles. The molecule has 0 aliphatic rings. The molecule has 3 aromatic rings. The van der Waals surface area contributed by atoms with Crippen LogP contribution in [0, 0.1) is 0 Å². The molecule has 7 nitrogen and oxygen atoms in total. The average Bonchev–Trinajstić information content (AvgIpc) is 3.17. The van der Waals surface area contributed by atoms with Gasteiger partial charge >= 0.3 is 0 Å². The number of amides is 1. The van der Waals surface area contributed by atoms with Gasteiger partial charge in [-0.1, -0.05) is 23.7 Å². The first kappa shape index (κ1) is 21.1. The maximum Gasteiger partial charge on any atom is 0.270 e. The summed E-state index contributed by atoms with van der Waals surface area (Å²) >= 11 is 6.88. The Morgan fingerprint density at radius 3 is 2.48 bits per heavy atom. The molecule has 10 heteroatoms. The van der Waals surface area contributed by atoms with Crippen molar-refractivity contribution in [3.63, 3.8) is 0 Å². The van der Waals surface area contributed by atoms with Gasteiger partial charge in [-0.25, -0.2) is 13.4 Å². The van der Waals surface area contributed by atoms with Crippen molar-refractivity contribution in [3.05, 3.63) is 70.2 Å². The van der Waals surface area contributed by atoms with Gasteiger partial charge in [0.05, 0.1) is 12.0 Å². The zero-order chi connectivity index (χ0) is 20.9. The van der Waals surface area contributed by atoms with E-state index < -0.39 is 10.0 Å². The molecule has 152 valence electrons. The number of methoxy groups -OCH3 is 1. The van der Waals surface area contributed by atoms with Gasteiger partial charge in [-0.2, -0.15) is 0 Å². The fourth-order valence-electron chi connectivity index (χ4n) is 2.42. The number of thiazole rings is 1. The van der Waals surface area contributed by atoms with Crippen LogP contribution in [0.5, 0.6) is 5.75 Å². The molecule has 2 N–H and O–H groups in total. The molecule has 0 saturated carbocycles. The lowest BCUT2D eigenvalue weighted by Gasteiger charge is -2.06. The summed E-state index contributed by atoms with van der Waals surface area (Å²) in [5, 5.41) is 5.04. The molecule has 0 atom stereocenters. The molecule has 1 amide bonds. The van der Waals surface area contributed by atoms with Crippen molar-refractivity contribution >= 4 is 44.0 Å². The molecular formula is C19H18ClN3O4S2. The van der Waals surface area contributed by atoms with E-state index in [0.29, 0.717) is 23.7 Å². The van der Waals surface area contributed by atoms with Gasteiger partial charge < -0.3 is 10.1 Å². The summed E-state index contributed by atoms with van der Waals surface area (Å²) in [6, 6.07) is 13.3. The predicted octanol–water partition coefficient (Wildman–Crippen LogP) is 3.58. The van der Waals surface area contributed by atoms with Gasteiger partial charge in [0, 0.05) is 16.9 Å². The maximum absolute atomic E-state index is 12.4. The van der Waals surface area contributed by atoms with Crippen LogP contribution in [0.1, 0.15) is 16.1 Å². The van der Waals surface area contributed by atoms with Crippen LogP contribution >= 0.6 is 22.9 Å². The lowest BCUT2D eigenvalue weighted by molar-refractivity contribution is 0.0950. The molecule has 0 radical (unpaired) electrons. The van der Waals surface area contributed by atoms with Gasteiger partial charge in [-0.05, 0) is 48.4 Å². The number of rotatable bonds is 8. The van der Waals surface area contributed by atoms with Gasteiger partial charge in [-0.3, -0.25) is 9.52 Å². The van der Waals surface area contributed by atoms with Crippen molar-refractivity contribution in [1.82, 2.24) is 10.3 Å². The van der Waals surface area contributed by atoms with E-state index in [0.717, 1.165) is 16.9 Å². The number of carbonyl (C=O) groups is 1. The second kappa shape index (κ2) is 9.25. The van der Waals surface area contributed by atoms with Crippen LogP contribution in [0.4, 0.5) is 5.13 Å². The predicted molar refractivity (Wildman–Crippen MR) is 113 cm³/mol. The highest BCUT2D eigenvalue weighted by atomic mass is 35.5. The first-order valence-electron chi connectivity index (χ1n) is 8.52. The Kier molecular flexibility index (Phi) is 6.73. The van der Waals surface area contributed by atoms with Crippen LogP contribution in [0.25, 0.3) is 0 Å². The van der Waals surface area contributed by atoms with Crippen LogP contribution < -0.4 is 14.8 Å². The van der Waals surface area contributed by atoms with E-state index in [1.165, 1.54) is 24.6 Å². The summed E-state index contributed by atoms with van der Waals surface area (Å²) in [5.74, 6) is 0.181. The number of hydrogen-bond donors (Lipinski definition) is 2. The molecule has 0 spiro atoms. The SMILES string of the molecule is COc1ccc(S(=O)(=O)Nc2nc(C(=O)NCCc3ccc(Cl)cc3)cs2)cc1. The van der Waals surface area contributed by atoms with Crippen LogP contribution in [0.2, 0.25) is 5.02 Å². The largest absolute Gasteiger partial charge is 0.497 e.